The fourth-order valence-electron chi connectivity index (χ4n) is 6.59. The summed E-state index contributed by atoms with van der Waals surface area (Å²) in [6.45, 7) is 0.406. The molecule has 2 amide bonds. The molecule has 4 fully saturated rings. The molecule has 2 saturated carbocycles. The van der Waals surface area contributed by atoms with Crippen LogP contribution in [0.25, 0.3) is 6.08 Å². The van der Waals surface area contributed by atoms with E-state index in [-0.39, 0.29) is 56.4 Å². The number of hydrogen-bond donors (Lipinski definition) is 3. The van der Waals surface area contributed by atoms with Crippen molar-refractivity contribution in [3.63, 3.8) is 0 Å². The second-order valence-corrected chi connectivity index (χ2v) is 11.9. The Morgan fingerprint density at radius 2 is 1.81 bits per heavy atom. The van der Waals surface area contributed by atoms with Gasteiger partial charge in [-0.1, -0.05) is 18.2 Å². The second kappa shape index (κ2) is 12.8. The maximum Gasteiger partial charge on any atom is 0.339 e. The van der Waals surface area contributed by atoms with Gasteiger partial charge in [-0.05, 0) is 62.3 Å². The van der Waals surface area contributed by atoms with Crippen molar-refractivity contribution in [1.29, 1.82) is 0 Å². The van der Waals surface area contributed by atoms with Gasteiger partial charge in [0.15, 0.2) is 5.79 Å². The third-order valence-corrected chi connectivity index (χ3v) is 8.90. The van der Waals surface area contributed by atoms with Crippen molar-refractivity contribution >= 4 is 23.9 Å². The molecular weight excluding hydrogens is 556 g/mol. The first kappa shape index (κ1) is 29.8. The van der Waals surface area contributed by atoms with Gasteiger partial charge in [0.1, 0.15) is 31.0 Å². The molecule has 3 aliphatic carbocycles. The molecule has 11 heteroatoms. The number of ether oxygens (including phenoxy) is 4. The van der Waals surface area contributed by atoms with Crippen molar-refractivity contribution in [2.75, 3.05) is 32.9 Å². The molecular formula is C32H40N2O9. The van der Waals surface area contributed by atoms with Crippen molar-refractivity contribution in [1.82, 2.24) is 10.2 Å². The van der Waals surface area contributed by atoms with Crippen LogP contribution in [0.5, 0.6) is 0 Å². The Balaban J connectivity index is 1.25. The second-order valence-electron chi connectivity index (χ2n) is 11.9. The molecule has 6 rings (SSSR count). The smallest absolute Gasteiger partial charge is 0.339 e. The van der Waals surface area contributed by atoms with Gasteiger partial charge in [0, 0.05) is 36.9 Å². The Morgan fingerprint density at radius 1 is 1.05 bits per heavy atom. The van der Waals surface area contributed by atoms with Crippen LogP contribution in [-0.2, 0) is 28.5 Å². The van der Waals surface area contributed by atoms with Crippen LogP contribution >= 0.6 is 0 Å². The first-order chi connectivity index (χ1) is 20.9. The van der Waals surface area contributed by atoms with Crippen molar-refractivity contribution in [2.24, 2.45) is 11.8 Å². The summed E-state index contributed by atoms with van der Waals surface area (Å²) in [6, 6.07) is 6.36. The van der Waals surface area contributed by atoms with Crippen LogP contribution < -0.4 is 5.32 Å². The van der Waals surface area contributed by atoms with Gasteiger partial charge in [-0.25, -0.2) is 4.79 Å². The minimum atomic E-state index is -0.771. The quantitative estimate of drug-likeness (QED) is 0.187. The van der Waals surface area contributed by atoms with Crippen molar-refractivity contribution in [2.45, 2.75) is 75.1 Å². The molecule has 232 valence electrons. The maximum atomic E-state index is 13.9. The summed E-state index contributed by atoms with van der Waals surface area (Å²) < 4.78 is 24.8. The van der Waals surface area contributed by atoms with E-state index < -0.39 is 36.1 Å². The third kappa shape index (κ3) is 6.22. The Morgan fingerprint density at radius 3 is 2.53 bits per heavy atom. The molecule has 0 bridgehead atoms. The number of likely N-dealkylation sites (tertiary alicyclic amines) is 1. The van der Waals surface area contributed by atoms with E-state index in [4.69, 9.17) is 29.2 Å². The number of nitrogens with one attached hydrogen (secondary N) is 1. The molecule has 3 N–H and O–H groups in total. The van der Waals surface area contributed by atoms with E-state index in [9.17, 15) is 14.4 Å². The number of aliphatic hydroxyl groups is 2. The van der Waals surface area contributed by atoms with Gasteiger partial charge in [-0.3, -0.25) is 9.59 Å². The first-order valence-corrected chi connectivity index (χ1v) is 15.4. The zero-order valence-corrected chi connectivity index (χ0v) is 24.2. The highest BCUT2D eigenvalue weighted by atomic mass is 16.8. The minimum absolute atomic E-state index is 0.121. The fourth-order valence-corrected chi connectivity index (χ4v) is 6.59. The highest BCUT2D eigenvalue weighted by Gasteiger charge is 2.64. The van der Waals surface area contributed by atoms with Gasteiger partial charge < -0.3 is 39.4 Å². The van der Waals surface area contributed by atoms with Gasteiger partial charge in [-0.2, -0.15) is 0 Å². The number of rotatable bonds is 12. The molecule has 1 aromatic carbocycles. The molecule has 0 radical (unpaired) electrons. The van der Waals surface area contributed by atoms with Crippen LogP contribution in [0, 0.1) is 11.8 Å². The topological polar surface area (TPSA) is 144 Å². The Labute approximate surface area is 250 Å². The Hall–Kier alpha value is -3.25. The Bertz CT molecular complexity index is 1260. The molecule has 0 unspecified atom stereocenters. The zero-order chi connectivity index (χ0) is 30.0. The van der Waals surface area contributed by atoms with E-state index >= 15 is 0 Å². The van der Waals surface area contributed by atoms with Crippen molar-refractivity contribution in [3.05, 3.63) is 53.3 Å². The number of carbonyl (C=O) groups excluding carboxylic acids is 3. The van der Waals surface area contributed by atoms with Crippen LogP contribution in [0.15, 0.2) is 42.2 Å². The fraction of sp³-hybridized carbons (Fsp3) is 0.594. The van der Waals surface area contributed by atoms with Crippen LogP contribution in [0.3, 0.4) is 0 Å². The van der Waals surface area contributed by atoms with E-state index in [0.717, 1.165) is 25.7 Å². The number of fused-ring (bicyclic) bond motifs is 1. The van der Waals surface area contributed by atoms with Gasteiger partial charge >= 0.3 is 5.97 Å². The third-order valence-electron chi connectivity index (χ3n) is 8.90. The first-order valence-electron chi connectivity index (χ1n) is 15.4. The summed E-state index contributed by atoms with van der Waals surface area (Å²) in [4.78, 5) is 41.9. The molecule has 5 aliphatic rings. The molecule has 2 aliphatic heterocycles. The maximum absolute atomic E-state index is 13.9. The normalized spacial score (nSPS) is 28.0. The number of carbonyl (C=O) groups is 3. The lowest BCUT2D eigenvalue weighted by Gasteiger charge is -2.33. The largest absolute Gasteiger partial charge is 0.499 e. The molecule has 0 aromatic heterocycles. The predicted molar refractivity (Wildman–Crippen MR) is 153 cm³/mol. The predicted octanol–water partition coefficient (Wildman–Crippen LogP) is 1.92. The SMILES string of the molecule is O=C(O[C@@H]1CC(C(=O)N2CCC[C@@H]2C(=O)NCCO)=C[C@H]2OC(C3CC3)(C3CC3)O[C@H]21)c1ccccc1C=COCCO. The van der Waals surface area contributed by atoms with E-state index in [2.05, 4.69) is 5.32 Å². The number of aliphatic hydroxyl groups excluding tert-OH is 2. The standard InChI is InChI=1S/C32H40N2O9/c35-14-12-33-29(37)25-6-3-13-34(25)30(38)21-18-26(28-27(19-21)42-32(43-28,22-7-8-22)23-9-10-23)41-31(39)24-5-2-1-4-20(24)11-16-40-17-15-36/h1-2,4-5,11,16,19,22-23,25-28,35-36H,3,6-10,12-15,17-18H2,(H,33,37)/t25-,26-,27-,28+/m1/s1. The summed E-state index contributed by atoms with van der Waals surface area (Å²) in [6.07, 6.45) is 8.45. The molecule has 11 nitrogen and oxygen atoms in total. The van der Waals surface area contributed by atoms with E-state index in [1.165, 1.54) is 6.26 Å². The molecule has 0 spiro atoms. The summed E-state index contributed by atoms with van der Waals surface area (Å²) in [7, 11) is 0. The monoisotopic (exact) mass is 596 g/mol. The van der Waals surface area contributed by atoms with Gasteiger partial charge in [0.05, 0.1) is 25.0 Å². The van der Waals surface area contributed by atoms with Gasteiger partial charge in [0.2, 0.25) is 11.8 Å². The van der Waals surface area contributed by atoms with E-state index in [1.807, 2.05) is 6.08 Å². The molecule has 1 aromatic rings. The molecule has 2 heterocycles. The van der Waals surface area contributed by atoms with Crippen LogP contribution in [-0.4, -0.2) is 95.9 Å². The zero-order valence-electron chi connectivity index (χ0n) is 24.2. The van der Waals surface area contributed by atoms with Crippen LogP contribution in [0.4, 0.5) is 0 Å². The lowest BCUT2D eigenvalue weighted by molar-refractivity contribution is -0.209. The lowest BCUT2D eigenvalue weighted by atomic mass is 9.91. The number of hydrogen-bond acceptors (Lipinski definition) is 9. The molecule has 43 heavy (non-hydrogen) atoms. The van der Waals surface area contributed by atoms with E-state index in [0.29, 0.717) is 36.1 Å². The summed E-state index contributed by atoms with van der Waals surface area (Å²) >= 11 is 0. The number of amides is 2. The van der Waals surface area contributed by atoms with Crippen LogP contribution in [0.1, 0.15) is 60.9 Å². The lowest BCUT2D eigenvalue weighted by Crippen LogP contribution is -2.49. The highest BCUT2D eigenvalue weighted by molar-refractivity contribution is 5.98. The number of nitrogens with zero attached hydrogens (tertiary/aromatic N) is 1. The Kier molecular flexibility index (Phi) is 8.85. The molecule has 4 atom stereocenters. The minimum Gasteiger partial charge on any atom is -0.499 e. The average Bonchev–Trinajstić information content (AvgIpc) is 3.96. The summed E-state index contributed by atoms with van der Waals surface area (Å²) in [5.41, 5.74) is 1.37. The van der Waals surface area contributed by atoms with Gasteiger partial charge in [-0.15, -0.1) is 0 Å². The van der Waals surface area contributed by atoms with Crippen molar-refractivity contribution < 1.29 is 43.5 Å². The summed E-state index contributed by atoms with van der Waals surface area (Å²) in [5.74, 6) is -1.26. The number of esters is 1. The summed E-state index contributed by atoms with van der Waals surface area (Å²) in [5, 5.41) is 20.8. The average molecular weight is 597 g/mol. The van der Waals surface area contributed by atoms with Gasteiger partial charge in [0.25, 0.3) is 0 Å². The van der Waals surface area contributed by atoms with E-state index in [1.54, 1.807) is 35.2 Å². The molecule has 2 saturated heterocycles. The highest BCUT2D eigenvalue weighted by Crippen LogP contribution is 2.59. The van der Waals surface area contributed by atoms with Crippen molar-refractivity contribution in [3.8, 4) is 0 Å². The van der Waals surface area contributed by atoms with Crippen LogP contribution in [0.2, 0.25) is 0 Å². The number of benzene rings is 1.